The van der Waals surface area contributed by atoms with Gasteiger partial charge in [0.15, 0.2) is 0 Å². The van der Waals surface area contributed by atoms with Gasteiger partial charge in [-0.05, 0) is 24.1 Å². The molecule has 6 nitrogen and oxygen atoms in total. The number of pyridine rings is 1. The van der Waals surface area contributed by atoms with Crippen LogP contribution in [0.2, 0.25) is 0 Å². The number of hydrogen-bond acceptors (Lipinski definition) is 4. The summed E-state index contributed by atoms with van der Waals surface area (Å²) in [6.45, 7) is 1.96. The third-order valence-corrected chi connectivity index (χ3v) is 4.12. The van der Waals surface area contributed by atoms with Crippen LogP contribution < -0.4 is 16.6 Å². The zero-order valence-corrected chi connectivity index (χ0v) is 13.2. The minimum atomic E-state index is -0.596. The van der Waals surface area contributed by atoms with Crippen LogP contribution in [0.1, 0.15) is 33.2 Å². The van der Waals surface area contributed by atoms with Gasteiger partial charge in [-0.15, -0.1) is 0 Å². The van der Waals surface area contributed by atoms with Crippen LogP contribution in [0, 0.1) is 0 Å². The zero-order valence-electron chi connectivity index (χ0n) is 11.6. The molecule has 1 aliphatic rings. The predicted octanol–water partition coefficient (Wildman–Crippen LogP) is 1.63. The lowest BCUT2D eigenvalue weighted by atomic mass is 10.1. The average Bonchev–Trinajstić information content (AvgIpc) is 2.74. The Hall–Kier alpha value is -2.41. The van der Waals surface area contributed by atoms with E-state index in [1.165, 1.54) is 4.57 Å². The summed E-state index contributed by atoms with van der Waals surface area (Å²) < 4.78 is 2.05. The number of nitrogens with zero attached hydrogens (tertiary/aromatic N) is 1. The Morgan fingerprint density at radius 3 is 2.59 bits per heavy atom. The second-order valence-corrected chi connectivity index (χ2v) is 5.82. The molecule has 0 spiro atoms. The molecule has 2 aromatic rings. The molecule has 0 saturated heterocycles. The molecule has 0 saturated carbocycles. The standard InChI is InChI=1S/C15H12BrN3O3/c1-2-7-3-4-8(16)5-10(7)19-11(20)6-9-12(13(19)17)15(22)18-14(9)21/h3-6H,2,17H2,1H3,(H,18,21,22). The monoisotopic (exact) mass is 361 g/mol. The molecule has 22 heavy (non-hydrogen) atoms. The van der Waals surface area contributed by atoms with E-state index in [9.17, 15) is 14.4 Å². The number of anilines is 1. The van der Waals surface area contributed by atoms with Crippen molar-refractivity contribution >= 4 is 33.6 Å². The van der Waals surface area contributed by atoms with Crippen LogP contribution in [-0.2, 0) is 6.42 Å². The molecule has 0 radical (unpaired) electrons. The first-order valence-corrected chi connectivity index (χ1v) is 7.43. The fourth-order valence-corrected chi connectivity index (χ4v) is 2.92. The molecule has 1 aromatic carbocycles. The SMILES string of the molecule is CCc1ccc(Br)cc1-n1c(N)c2c(cc1=O)C(=O)NC2=O. The first-order valence-electron chi connectivity index (χ1n) is 6.64. The fourth-order valence-electron chi connectivity index (χ4n) is 2.57. The first kappa shape index (κ1) is 14.5. The van der Waals surface area contributed by atoms with Crippen molar-refractivity contribution in [2.45, 2.75) is 13.3 Å². The summed E-state index contributed by atoms with van der Waals surface area (Å²) in [6, 6.07) is 6.65. The average molecular weight is 362 g/mol. The number of nitrogen functional groups attached to an aromatic ring is 1. The topological polar surface area (TPSA) is 94.2 Å². The number of nitrogens with two attached hydrogens (primary N) is 1. The van der Waals surface area contributed by atoms with E-state index in [2.05, 4.69) is 21.2 Å². The van der Waals surface area contributed by atoms with E-state index in [0.717, 1.165) is 16.1 Å². The number of aromatic nitrogens is 1. The van der Waals surface area contributed by atoms with Gasteiger partial charge in [0.2, 0.25) is 0 Å². The normalized spacial score (nSPS) is 13.2. The molecule has 0 aliphatic carbocycles. The second kappa shape index (κ2) is 5.10. The highest BCUT2D eigenvalue weighted by Gasteiger charge is 2.32. The van der Waals surface area contributed by atoms with Crippen molar-refractivity contribution in [3.05, 3.63) is 55.8 Å². The molecule has 0 fully saturated rings. The minimum Gasteiger partial charge on any atom is -0.384 e. The molecule has 112 valence electrons. The van der Waals surface area contributed by atoms with Crippen LogP contribution in [0.5, 0.6) is 0 Å². The van der Waals surface area contributed by atoms with Crippen molar-refractivity contribution < 1.29 is 9.59 Å². The highest BCUT2D eigenvalue weighted by atomic mass is 79.9. The van der Waals surface area contributed by atoms with Crippen molar-refractivity contribution in [2.24, 2.45) is 0 Å². The molecule has 0 unspecified atom stereocenters. The summed E-state index contributed by atoms with van der Waals surface area (Å²) in [5, 5.41) is 2.15. The van der Waals surface area contributed by atoms with Gasteiger partial charge in [0.25, 0.3) is 17.4 Å². The van der Waals surface area contributed by atoms with Crippen LogP contribution in [0.3, 0.4) is 0 Å². The number of hydrogen-bond donors (Lipinski definition) is 2. The third kappa shape index (κ3) is 2.05. The minimum absolute atomic E-state index is 0.0248. The highest BCUT2D eigenvalue weighted by Crippen LogP contribution is 2.26. The van der Waals surface area contributed by atoms with Gasteiger partial charge >= 0.3 is 0 Å². The Labute approximate surface area is 134 Å². The number of imide groups is 1. The van der Waals surface area contributed by atoms with Gasteiger partial charge in [0.1, 0.15) is 5.82 Å². The molecule has 0 bridgehead atoms. The third-order valence-electron chi connectivity index (χ3n) is 3.62. The summed E-state index contributed by atoms with van der Waals surface area (Å²) >= 11 is 3.37. The van der Waals surface area contributed by atoms with Crippen molar-refractivity contribution in [1.29, 1.82) is 0 Å². The fraction of sp³-hybridized carbons (Fsp3) is 0.133. The Kier molecular flexibility index (Phi) is 3.37. The number of halogens is 1. The molecular weight excluding hydrogens is 350 g/mol. The van der Waals surface area contributed by atoms with Gasteiger partial charge < -0.3 is 5.73 Å². The smallest absolute Gasteiger partial charge is 0.262 e. The maximum atomic E-state index is 12.4. The van der Waals surface area contributed by atoms with Crippen molar-refractivity contribution in [3.8, 4) is 5.69 Å². The molecule has 1 aromatic heterocycles. The van der Waals surface area contributed by atoms with Gasteiger partial charge in [0, 0.05) is 10.5 Å². The molecular formula is C15H12BrN3O3. The molecule has 7 heteroatoms. The molecule has 3 rings (SSSR count). The number of benzene rings is 1. The van der Waals surface area contributed by atoms with E-state index in [-0.39, 0.29) is 16.9 Å². The van der Waals surface area contributed by atoms with Crippen molar-refractivity contribution in [3.63, 3.8) is 0 Å². The Balaban J connectivity index is 2.37. The molecule has 2 heterocycles. The van der Waals surface area contributed by atoms with E-state index < -0.39 is 17.4 Å². The number of amides is 2. The van der Waals surface area contributed by atoms with E-state index in [1.54, 1.807) is 6.07 Å². The summed E-state index contributed by atoms with van der Waals surface area (Å²) in [5.74, 6) is -1.21. The zero-order chi connectivity index (χ0) is 16.0. The van der Waals surface area contributed by atoms with Crippen LogP contribution in [0.15, 0.2) is 33.5 Å². The van der Waals surface area contributed by atoms with Crippen LogP contribution >= 0.6 is 15.9 Å². The Bertz CT molecular complexity index is 886. The van der Waals surface area contributed by atoms with Crippen LogP contribution in [0.4, 0.5) is 5.82 Å². The van der Waals surface area contributed by atoms with Crippen molar-refractivity contribution in [2.75, 3.05) is 5.73 Å². The highest BCUT2D eigenvalue weighted by molar-refractivity contribution is 9.10. The van der Waals surface area contributed by atoms with Gasteiger partial charge in [0.05, 0.1) is 16.8 Å². The van der Waals surface area contributed by atoms with Gasteiger partial charge in [-0.1, -0.05) is 28.9 Å². The van der Waals surface area contributed by atoms with Gasteiger partial charge in [-0.2, -0.15) is 0 Å². The largest absolute Gasteiger partial charge is 0.384 e. The molecule has 1 aliphatic heterocycles. The molecule has 2 amide bonds. The number of carbonyl (C=O) groups is 2. The maximum Gasteiger partial charge on any atom is 0.262 e. The summed E-state index contributed by atoms with van der Waals surface area (Å²) in [4.78, 5) is 35.9. The van der Waals surface area contributed by atoms with E-state index in [1.807, 2.05) is 19.1 Å². The number of rotatable bonds is 2. The van der Waals surface area contributed by atoms with Gasteiger partial charge in [-0.25, -0.2) is 0 Å². The molecule has 3 N–H and O–H groups in total. The number of aryl methyl sites for hydroxylation is 1. The number of nitrogens with one attached hydrogen (secondary N) is 1. The Morgan fingerprint density at radius 2 is 1.91 bits per heavy atom. The summed E-state index contributed by atoms with van der Waals surface area (Å²) in [6.07, 6.45) is 0.691. The maximum absolute atomic E-state index is 12.4. The summed E-state index contributed by atoms with van der Waals surface area (Å²) in [5.41, 5.74) is 7.15. The summed E-state index contributed by atoms with van der Waals surface area (Å²) in [7, 11) is 0. The van der Waals surface area contributed by atoms with E-state index in [4.69, 9.17) is 5.73 Å². The van der Waals surface area contributed by atoms with Crippen LogP contribution in [0.25, 0.3) is 5.69 Å². The number of carbonyl (C=O) groups excluding carboxylic acids is 2. The first-order chi connectivity index (χ1) is 10.4. The molecule has 0 atom stereocenters. The number of fused-ring (bicyclic) bond motifs is 1. The van der Waals surface area contributed by atoms with E-state index >= 15 is 0 Å². The lowest BCUT2D eigenvalue weighted by Crippen LogP contribution is -2.25. The van der Waals surface area contributed by atoms with Crippen molar-refractivity contribution in [1.82, 2.24) is 9.88 Å². The predicted molar refractivity (Wildman–Crippen MR) is 85.3 cm³/mol. The van der Waals surface area contributed by atoms with E-state index in [0.29, 0.717) is 12.1 Å². The second-order valence-electron chi connectivity index (χ2n) is 4.90. The lowest BCUT2D eigenvalue weighted by molar-refractivity contribution is 0.0880. The quantitative estimate of drug-likeness (QED) is 0.794. The van der Waals surface area contributed by atoms with Crippen LogP contribution in [-0.4, -0.2) is 16.4 Å². The lowest BCUT2D eigenvalue weighted by Gasteiger charge is -2.15. The van der Waals surface area contributed by atoms with Gasteiger partial charge in [-0.3, -0.25) is 24.3 Å². The Morgan fingerprint density at radius 1 is 1.18 bits per heavy atom.